The molecule has 1 heterocycles. The summed E-state index contributed by atoms with van der Waals surface area (Å²) in [5.74, 6) is -0.151. The maximum Gasteiger partial charge on any atom is 0.254 e. The molecule has 1 aromatic carbocycles. The van der Waals surface area contributed by atoms with Crippen LogP contribution >= 0.6 is 0 Å². The number of phenols is 1. The Morgan fingerprint density at radius 1 is 1.48 bits per heavy atom. The number of phenolic OH excluding ortho intramolecular Hbond substituents is 1. The highest BCUT2D eigenvalue weighted by atomic mass is 16.3. The molecule has 5 heteroatoms. The van der Waals surface area contributed by atoms with Crippen LogP contribution < -0.4 is 0 Å². The van der Waals surface area contributed by atoms with Crippen LogP contribution in [-0.2, 0) is 0 Å². The van der Waals surface area contributed by atoms with E-state index in [4.69, 9.17) is 0 Å². The number of aliphatic hydroxyl groups excluding tert-OH is 2. The summed E-state index contributed by atoms with van der Waals surface area (Å²) in [7, 11) is 0. The quantitative estimate of drug-likeness (QED) is 0.783. The molecule has 116 valence electrons. The molecule has 0 radical (unpaired) electrons. The van der Waals surface area contributed by atoms with Crippen LogP contribution in [-0.4, -0.2) is 51.9 Å². The summed E-state index contributed by atoms with van der Waals surface area (Å²) in [4.78, 5) is 14.0. The molecular formula is C16H23NO4. The van der Waals surface area contributed by atoms with Gasteiger partial charge in [-0.3, -0.25) is 4.79 Å². The molecule has 1 amide bonds. The number of carbonyl (C=O) groups excluding carboxylic acids is 1. The van der Waals surface area contributed by atoms with Gasteiger partial charge in [0.2, 0.25) is 0 Å². The molecule has 0 unspecified atom stereocenters. The number of nitrogens with zero attached hydrogens (tertiary/aromatic N) is 1. The summed E-state index contributed by atoms with van der Waals surface area (Å²) < 4.78 is 0. The van der Waals surface area contributed by atoms with Gasteiger partial charge in [-0.1, -0.05) is 19.4 Å². The van der Waals surface area contributed by atoms with Gasteiger partial charge in [-0.25, -0.2) is 0 Å². The Morgan fingerprint density at radius 3 is 2.81 bits per heavy atom. The first kappa shape index (κ1) is 15.8. The molecule has 2 rings (SSSR count). The molecule has 5 nitrogen and oxygen atoms in total. The Bertz CT molecular complexity index is 505. The van der Waals surface area contributed by atoms with Gasteiger partial charge in [0.05, 0.1) is 12.7 Å². The van der Waals surface area contributed by atoms with Crippen molar-refractivity contribution in [1.82, 2.24) is 4.90 Å². The molecule has 1 saturated heterocycles. The number of rotatable bonds is 4. The summed E-state index contributed by atoms with van der Waals surface area (Å²) in [6.07, 6.45) is 1.50. The number of piperidine rings is 1. The molecule has 1 aliphatic rings. The zero-order chi connectivity index (χ0) is 15.5. The largest absolute Gasteiger partial charge is 0.508 e. The molecule has 0 aliphatic carbocycles. The van der Waals surface area contributed by atoms with E-state index < -0.39 is 11.5 Å². The molecule has 21 heavy (non-hydrogen) atoms. The lowest BCUT2D eigenvalue weighted by molar-refractivity contribution is -0.0713. The van der Waals surface area contributed by atoms with Crippen molar-refractivity contribution in [3.8, 4) is 5.75 Å². The minimum absolute atomic E-state index is 0.0501. The fraction of sp³-hybridized carbons (Fsp3) is 0.562. The highest BCUT2D eigenvalue weighted by Gasteiger charge is 2.42. The van der Waals surface area contributed by atoms with Crippen molar-refractivity contribution in [2.45, 2.75) is 32.3 Å². The standard InChI is InChI=1S/C16H23NO4/c1-2-6-16(11-18)7-8-17(10-14(16)20)15(21)12-4-3-5-13(19)9-12/h3-5,9,14,18-20H,2,6-8,10-11H2,1H3/t14-,16+/m0/s1. The van der Waals surface area contributed by atoms with Crippen LogP contribution in [0, 0.1) is 5.41 Å². The zero-order valence-electron chi connectivity index (χ0n) is 12.3. The van der Waals surface area contributed by atoms with Gasteiger partial charge < -0.3 is 20.2 Å². The minimum Gasteiger partial charge on any atom is -0.508 e. The number of β-amino-alcohol motifs (C(OH)–C–C–N with tert-alkyl or cyclic N) is 1. The second-order valence-electron chi connectivity index (χ2n) is 5.84. The molecule has 1 aromatic rings. The van der Waals surface area contributed by atoms with Crippen molar-refractivity contribution >= 4 is 5.91 Å². The molecule has 2 atom stereocenters. The van der Waals surface area contributed by atoms with Crippen LogP contribution in [0.15, 0.2) is 24.3 Å². The second-order valence-corrected chi connectivity index (χ2v) is 5.84. The molecule has 0 bridgehead atoms. The van der Waals surface area contributed by atoms with E-state index in [1.807, 2.05) is 6.92 Å². The topological polar surface area (TPSA) is 81.0 Å². The summed E-state index contributed by atoms with van der Waals surface area (Å²) >= 11 is 0. The SMILES string of the molecule is CCC[C@]1(CO)CCN(C(=O)c2cccc(O)c2)C[C@@H]1O. The Hall–Kier alpha value is -1.59. The lowest BCUT2D eigenvalue weighted by Gasteiger charge is -2.44. The van der Waals surface area contributed by atoms with Gasteiger partial charge in [-0.15, -0.1) is 0 Å². The van der Waals surface area contributed by atoms with Crippen molar-refractivity contribution in [3.05, 3.63) is 29.8 Å². The number of amides is 1. The van der Waals surface area contributed by atoms with E-state index in [0.717, 1.165) is 12.8 Å². The van der Waals surface area contributed by atoms with Crippen LogP contribution in [0.5, 0.6) is 5.75 Å². The fourth-order valence-corrected chi connectivity index (χ4v) is 3.08. The lowest BCUT2D eigenvalue weighted by atomic mass is 9.73. The maximum atomic E-state index is 12.4. The second kappa shape index (κ2) is 6.45. The normalized spacial score (nSPS) is 25.9. The predicted octanol–water partition coefficient (Wildman–Crippen LogP) is 1.38. The molecule has 0 spiro atoms. The van der Waals surface area contributed by atoms with E-state index in [9.17, 15) is 20.1 Å². The van der Waals surface area contributed by atoms with E-state index in [1.165, 1.54) is 12.1 Å². The van der Waals surface area contributed by atoms with Gasteiger partial charge >= 0.3 is 0 Å². The first-order valence-corrected chi connectivity index (χ1v) is 7.39. The number of benzene rings is 1. The Morgan fingerprint density at radius 2 is 2.24 bits per heavy atom. The van der Waals surface area contributed by atoms with Gasteiger partial charge in [-0.05, 0) is 31.0 Å². The molecule has 1 fully saturated rings. The smallest absolute Gasteiger partial charge is 0.254 e. The maximum absolute atomic E-state index is 12.4. The monoisotopic (exact) mass is 293 g/mol. The Kier molecular flexibility index (Phi) is 4.85. The number of likely N-dealkylation sites (tertiary alicyclic amines) is 1. The van der Waals surface area contributed by atoms with Crippen LogP contribution in [0.4, 0.5) is 0 Å². The van der Waals surface area contributed by atoms with E-state index >= 15 is 0 Å². The molecule has 0 saturated carbocycles. The third-order valence-corrected chi connectivity index (χ3v) is 4.42. The third kappa shape index (κ3) is 3.19. The van der Waals surface area contributed by atoms with E-state index in [2.05, 4.69) is 0 Å². The number of hydrogen-bond acceptors (Lipinski definition) is 4. The summed E-state index contributed by atoms with van der Waals surface area (Å²) in [5, 5.41) is 29.4. The van der Waals surface area contributed by atoms with Gasteiger partial charge in [0.1, 0.15) is 5.75 Å². The summed E-state index contributed by atoms with van der Waals surface area (Å²) in [5.41, 5.74) is -0.0844. The van der Waals surface area contributed by atoms with Crippen molar-refractivity contribution in [3.63, 3.8) is 0 Å². The zero-order valence-corrected chi connectivity index (χ0v) is 12.3. The molecule has 3 N–H and O–H groups in total. The average Bonchev–Trinajstić information content (AvgIpc) is 2.49. The Balaban J connectivity index is 2.10. The lowest BCUT2D eigenvalue weighted by Crippen LogP contribution is -2.54. The van der Waals surface area contributed by atoms with Crippen molar-refractivity contribution in [1.29, 1.82) is 0 Å². The van der Waals surface area contributed by atoms with Gasteiger partial charge in [0, 0.05) is 24.1 Å². The summed E-state index contributed by atoms with van der Waals surface area (Å²) in [6, 6.07) is 6.21. The van der Waals surface area contributed by atoms with Crippen LogP contribution in [0.2, 0.25) is 0 Å². The third-order valence-electron chi connectivity index (χ3n) is 4.42. The number of aliphatic hydroxyl groups is 2. The first-order chi connectivity index (χ1) is 10.0. The first-order valence-electron chi connectivity index (χ1n) is 7.39. The van der Waals surface area contributed by atoms with E-state index in [1.54, 1.807) is 17.0 Å². The summed E-state index contributed by atoms with van der Waals surface area (Å²) in [6.45, 7) is 2.69. The van der Waals surface area contributed by atoms with Gasteiger partial charge in [0.15, 0.2) is 0 Å². The number of aromatic hydroxyl groups is 1. The van der Waals surface area contributed by atoms with Crippen LogP contribution in [0.3, 0.4) is 0 Å². The highest BCUT2D eigenvalue weighted by Crippen LogP contribution is 2.36. The van der Waals surface area contributed by atoms with Crippen molar-refractivity contribution in [2.75, 3.05) is 19.7 Å². The molecular weight excluding hydrogens is 270 g/mol. The molecule has 1 aliphatic heterocycles. The Labute approximate surface area is 124 Å². The van der Waals surface area contributed by atoms with E-state index in [-0.39, 0.29) is 24.8 Å². The molecule has 0 aromatic heterocycles. The van der Waals surface area contributed by atoms with E-state index in [0.29, 0.717) is 18.5 Å². The van der Waals surface area contributed by atoms with Crippen molar-refractivity contribution in [2.24, 2.45) is 5.41 Å². The van der Waals surface area contributed by atoms with Crippen LogP contribution in [0.25, 0.3) is 0 Å². The average molecular weight is 293 g/mol. The number of carbonyl (C=O) groups is 1. The van der Waals surface area contributed by atoms with Crippen LogP contribution in [0.1, 0.15) is 36.5 Å². The van der Waals surface area contributed by atoms with Gasteiger partial charge in [-0.2, -0.15) is 0 Å². The minimum atomic E-state index is -0.725. The highest BCUT2D eigenvalue weighted by molar-refractivity contribution is 5.94. The van der Waals surface area contributed by atoms with Crippen molar-refractivity contribution < 1.29 is 20.1 Å². The fourth-order valence-electron chi connectivity index (χ4n) is 3.08. The van der Waals surface area contributed by atoms with Gasteiger partial charge in [0.25, 0.3) is 5.91 Å². The number of hydrogen-bond donors (Lipinski definition) is 3. The predicted molar refractivity (Wildman–Crippen MR) is 79.1 cm³/mol.